The number of carbonyl (C=O) groups is 5. The Morgan fingerprint density at radius 1 is 0.800 bits per heavy atom. The molecule has 0 heterocycles. The zero-order valence-corrected chi connectivity index (χ0v) is 22.9. The van der Waals surface area contributed by atoms with Gasteiger partial charge in [0, 0.05) is 12.8 Å². The number of carboxylic acid groups (broad SMARTS) is 1. The van der Waals surface area contributed by atoms with Gasteiger partial charge in [0.1, 0.15) is 23.9 Å². The minimum atomic E-state index is -1.30. The van der Waals surface area contributed by atoms with Crippen LogP contribution in [0.4, 0.5) is 0 Å². The molecule has 40 heavy (non-hydrogen) atoms. The fourth-order valence-electron chi connectivity index (χ4n) is 3.76. The van der Waals surface area contributed by atoms with Crippen molar-refractivity contribution >= 4 is 41.4 Å². The van der Waals surface area contributed by atoms with E-state index in [1.165, 1.54) is 23.9 Å². The summed E-state index contributed by atoms with van der Waals surface area (Å²) >= 11 is 1.43. The third-order valence-corrected chi connectivity index (χ3v) is 6.55. The highest BCUT2D eigenvalue weighted by Crippen LogP contribution is 2.13. The van der Waals surface area contributed by atoms with Gasteiger partial charge in [0.2, 0.25) is 23.6 Å². The molecule has 4 atom stereocenters. The number of aliphatic carboxylic acids is 1. The zero-order chi connectivity index (χ0) is 29.7. The van der Waals surface area contributed by atoms with Crippen LogP contribution < -0.4 is 27.4 Å². The van der Waals surface area contributed by atoms with Crippen LogP contribution >= 0.6 is 11.8 Å². The van der Waals surface area contributed by atoms with Crippen LogP contribution in [0, 0.1) is 0 Å². The van der Waals surface area contributed by atoms with E-state index in [4.69, 9.17) is 11.5 Å². The monoisotopic (exact) mass is 573 g/mol. The number of nitrogens with one attached hydrogen (secondary N) is 3. The largest absolute Gasteiger partial charge is 0.508 e. The Morgan fingerprint density at radius 3 is 1.80 bits per heavy atom. The molecule has 0 radical (unpaired) electrons. The molecule has 0 aliphatic rings. The van der Waals surface area contributed by atoms with Gasteiger partial charge in [-0.2, -0.15) is 11.8 Å². The maximum absolute atomic E-state index is 13.5. The van der Waals surface area contributed by atoms with Crippen LogP contribution in [0.1, 0.15) is 24.0 Å². The number of carbonyl (C=O) groups excluding carboxylic acids is 4. The van der Waals surface area contributed by atoms with Gasteiger partial charge in [-0.25, -0.2) is 4.79 Å². The fraction of sp³-hybridized carbons (Fsp3) is 0.370. The first kappa shape index (κ1) is 32.1. The number of nitrogens with two attached hydrogens (primary N) is 2. The summed E-state index contributed by atoms with van der Waals surface area (Å²) in [4.78, 5) is 62.3. The molecule has 0 aliphatic carbocycles. The van der Waals surface area contributed by atoms with E-state index >= 15 is 0 Å². The van der Waals surface area contributed by atoms with E-state index in [9.17, 15) is 34.2 Å². The molecule has 0 fully saturated rings. The molecule has 9 N–H and O–H groups in total. The lowest BCUT2D eigenvalue weighted by molar-refractivity contribution is -0.142. The Kier molecular flexibility index (Phi) is 12.9. The first-order valence-electron chi connectivity index (χ1n) is 12.5. The van der Waals surface area contributed by atoms with Gasteiger partial charge in [0.25, 0.3) is 0 Å². The standard InChI is InChI=1S/C27H35N5O7S/c1-40-12-11-20(27(38)39)30-25(36)22(13-16-5-3-2-4-6-16)32-26(37)21(14-17-7-9-18(33)10-8-17)31-24(35)19(28)15-23(29)34/h2-10,19-22,33H,11-15,28H2,1H3,(H2,29,34)(H,30,36)(H,31,35)(H,32,37)(H,38,39). The van der Waals surface area contributed by atoms with Gasteiger partial charge in [-0.15, -0.1) is 0 Å². The molecule has 0 spiro atoms. The van der Waals surface area contributed by atoms with Gasteiger partial charge in [-0.1, -0.05) is 42.5 Å². The molecule has 2 rings (SSSR count). The van der Waals surface area contributed by atoms with E-state index in [1.807, 2.05) is 6.26 Å². The molecular formula is C27H35N5O7S. The number of primary amides is 1. The van der Waals surface area contributed by atoms with E-state index in [-0.39, 0.29) is 25.0 Å². The number of phenolic OH excluding ortho intramolecular Hbond substituents is 1. The van der Waals surface area contributed by atoms with Crippen LogP contribution in [0.2, 0.25) is 0 Å². The predicted octanol–water partition coefficient (Wildman–Crippen LogP) is -0.328. The molecule has 0 saturated carbocycles. The molecule has 0 aliphatic heterocycles. The number of carboxylic acids is 1. The third kappa shape index (κ3) is 10.9. The SMILES string of the molecule is CSCCC(NC(=O)C(Cc1ccccc1)NC(=O)C(Cc1ccc(O)cc1)NC(=O)C(N)CC(N)=O)C(=O)O. The number of benzene rings is 2. The molecule has 0 aromatic heterocycles. The Morgan fingerprint density at radius 2 is 1.30 bits per heavy atom. The topological polar surface area (TPSA) is 214 Å². The van der Waals surface area contributed by atoms with E-state index in [1.54, 1.807) is 42.5 Å². The Labute approximate surface area is 236 Å². The maximum atomic E-state index is 13.5. The average Bonchev–Trinajstić information content (AvgIpc) is 2.91. The number of hydrogen-bond donors (Lipinski definition) is 7. The van der Waals surface area contributed by atoms with E-state index in [2.05, 4.69) is 16.0 Å². The molecule has 4 amide bonds. The first-order chi connectivity index (χ1) is 19.0. The van der Waals surface area contributed by atoms with Crippen molar-refractivity contribution in [3.8, 4) is 5.75 Å². The maximum Gasteiger partial charge on any atom is 0.326 e. The second-order valence-electron chi connectivity index (χ2n) is 9.14. The number of amides is 4. The summed E-state index contributed by atoms with van der Waals surface area (Å²) in [6.07, 6.45) is 1.58. The van der Waals surface area contributed by atoms with Crippen LogP contribution in [0.15, 0.2) is 54.6 Å². The Balaban J connectivity index is 2.31. The highest BCUT2D eigenvalue weighted by atomic mass is 32.2. The van der Waals surface area contributed by atoms with Crippen molar-refractivity contribution in [3.05, 3.63) is 65.7 Å². The molecule has 0 bridgehead atoms. The minimum Gasteiger partial charge on any atom is -0.508 e. The Bertz CT molecular complexity index is 1160. The lowest BCUT2D eigenvalue weighted by Gasteiger charge is -2.25. The number of aromatic hydroxyl groups is 1. The number of phenols is 1. The van der Waals surface area contributed by atoms with E-state index in [0.717, 1.165) is 0 Å². The molecule has 2 aromatic rings. The second kappa shape index (κ2) is 16.1. The summed E-state index contributed by atoms with van der Waals surface area (Å²) in [6, 6.07) is 9.91. The summed E-state index contributed by atoms with van der Waals surface area (Å²) in [5, 5.41) is 26.8. The number of hydrogen-bond acceptors (Lipinski definition) is 8. The average molecular weight is 574 g/mol. The highest BCUT2D eigenvalue weighted by Gasteiger charge is 2.31. The smallest absolute Gasteiger partial charge is 0.326 e. The summed E-state index contributed by atoms with van der Waals surface area (Å²) in [5.74, 6) is -3.73. The van der Waals surface area contributed by atoms with Crippen molar-refractivity contribution < 1.29 is 34.2 Å². The van der Waals surface area contributed by atoms with Gasteiger partial charge < -0.3 is 37.6 Å². The van der Waals surface area contributed by atoms with Crippen molar-refractivity contribution in [1.82, 2.24) is 16.0 Å². The lowest BCUT2D eigenvalue weighted by Crippen LogP contribution is -2.58. The van der Waals surface area contributed by atoms with Crippen LogP contribution in [-0.4, -0.2) is 76.0 Å². The van der Waals surface area contributed by atoms with Gasteiger partial charge in [0.15, 0.2) is 0 Å². The Hall–Kier alpha value is -4.10. The molecule has 12 nitrogen and oxygen atoms in total. The van der Waals surface area contributed by atoms with Crippen molar-refractivity contribution in [3.63, 3.8) is 0 Å². The quantitative estimate of drug-likeness (QED) is 0.140. The predicted molar refractivity (Wildman–Crippen MR) is 150 cm³/mol. The van der Waals surface area contributed by atoms with E-state index in [0.29, 0.717) is 16.9 Å². The van der Waals surface area contributed by atoms with E-state index < -0.39 is 60.2 Å². The minimum absolute atomic E-state index is 0.00585. The molecular weight excluding hydrogens is 538 g/mol. The molecule has 2 aromatic carbocycles. The van der Waals surface area contributed by atoms with Crippen LogP contribution in [0.5, 0.6) is 5.75 Å². The van der Waals surface area contributed by atoms with Crippen molar-refractivity contribution in [2.75, 3.05) is 12.0 Å². The van der Waals surface area contributed by atoms with Crippen LogP contribution in [-0.2, 0) is 36.8 Å². The van der Waals surface area contributed by atoms with Crippen LogP contribution in [0.3, 0.4) is 0 Å². The third-order valence-electron chi connectivity index (χ3n) is 5.91. The second-order valence-corrected chi connectivity index (χ2v) is 10.1. The zero-order valence-electron chi connectivity index (χ0n) is 22.0. The molecule has 216 valence electrons. The molecule has 0 saturated heterocycles. The first-order valence-corrected chi connectivity index (χ1v) is 13.9. The highest BCUT2D eigenvalue weighted by molar-refractivity contribution is 7.98. The van der Waals surface area contributed by atoms with Crippen molar-refractivity contribution in [2.24, 2.45) is 11.5 Å². The number of thioether (sulfide) groups is 1. The van der Waals surface area contributed by atoms with Crippen molar-refractivity contribution in [1.29, 1.82) is 0 Å². The summed E-state index contributed by atoms with van der Waals surface area (Å²) in [5.41, 5.74) is 12.2. The van der Waals surface area contributed by atoms with Gasteiger partial charge >= 0.3 is 5.97 Å². The molecule has 13 heteroatoms. The normalized spacial score (nSPS) is 13.8. The molecule has 4 unspecified atom stereocenters. The summed E-state index contributed by atoms with van der Waals surface area (Å²) in [6.45, 7) is 0. The van der Waals surface area contributed by atoms with Crippen molar-refractivity contribution in [2.45, 2.75) is 49.9 Å². The summed E-state index contributed by atoms with van der Waals surface area (Å²) < 4.78 is 0. The lowest BCUT2D eigenvalue weighted by atomic mass is 10.0. The van der Waals surface area contributed by atoms with Gasteiger partial charge in [-0.3, -0.25) is 19.2 Å². The van der Waals surface area contributed by atoms with Crippen LogP contribution in [0.25, 0.3) is 0 Å². The number of rotatable bonds is 16. The van der Waals surface area contributed by atoms with Gasteiger partial charge in [-0.05, 0) is 41.7 Å². The van der Waals surface area contributed by atoms with Gasteiger partial charge in [0.05, 0.1) is 12.5 Å². The fourth-order valence-corrected chi connectivity index (χ4v) is 4.23. The summed E-state index contributed by atoms with van der Waals surface area (Å²) in [7, 11) is 0.